The monoisotopic (exact) mass is 884 g/mol. The van der Waals surface area contributed by atoms with Gasteiger partial charge >= 0.3 is 11.9 Å². The van der Waals surface area contributed by atoms with Crippen molar-refractivity contribution in [2.24, 2.45) is 0 Å². The highest BCUT2D eigenvalue weighted by Crippen LogP contribution is 2.26. The van der Waals surface area contributed by atoms with E-state index < -0.39 is 83.7 Å². The van der Waals surface area contributed by atoms with E-state index in [1.54, 1.807) is 24.3 Å². The molecule has 2 rings (SSSR count). The number of aliphatic hydroxyl groups excluding tert-OH is 3. The van der Waals surface area contributed by atoms with Crippen molar-refractivity contribution in [3.05, 3.63) is 33.4 Å². The maximum absolute atomic E-state index is 12.5. The molecule has 1 saturated heterocycles. The maximum atomic E-state index is 12.5. The molecular weight excluding hydrogens is 825 g/mol. The van der Waals surface area contributed by atoms with Crippen molar-refractivity contribution >= 4 is 50.6 Å². The number of unbranched alkanes of at least 4 members (excludes halogenated alkanes) is 14. The van der Waals surface area contributed by atoms with Gasteiger partial charge in [-0.15, -0.1) is 0 Å². The fourth-order valence-electron chi connectivity index (χ4n) is 5.87. The van der Waals surface area contributed by atoms with Gasteiger partial charge in [0.05, 0.1) is 28.9 Å². The van der Waals surface area contributed by atoms with Crippen molar-refractivity contribution in [1.82, 2.24) is 5.32 Å². The van der Waals surface area contributed by atoms with Crippen LogP contribution in [0.2, 0.25) is 0 Å². The molecule has 53 heavy (non-hydrogen) atoms. The third kappa shape index (κ3) is 21.1. The Labute approximate surface area is 328 Å². The maximum Gasteiger partial charge on any atom is 0.308 e. The number of rotatable bonds is 28. The molecule has 1 aliphatic heterocycles. The number of hydrogen-bond acceptors (Lipinski definition) is 13. The molecule has 1 amide bonds. The Balaban J connectivity index is 1.64. The number of benzene rings is 1. The van der Waals surface area contributed by atoms with E-state index in [0.29, 0.717) is 12.0 Å². The molecule has 14 nitrogen and oxygen atoms in total. The molecule has 6 atom stereocenters. The standard InChI is InChI=1S/C37H60INO13S/c1-2-3-4-5-6-7-8-9-10-11-12-13-14-15-16-17-31(41)49-24-29(40)25-50-37-34(44)33(43)35(30(51-37)26-53(46,47)48)52-32(42)22-23-39-36(45)27-18-20-28(38)21-19-27/h18-21,29-30,33-35,37,40,43-44H,2-17,22-26H2,1H3,(H,39,45)(H,46,47,48)/p-1. The van der Waals surface area contributed by atoms with Gasteiger partial charge in [0.1, 0.15) is 31.0 Å². The van der Waals surface area contributed by atoms with Crippen molar-refractivity contribution in [1.29, 1.82) is 0 Å². The average Bonchev–Trinajstić information content (AvgIpc) is 3.11. The summed E-state index contributed by atoms with van der Waals surface area (Å²) in [4.78, 5) is 36.9. The zero-order valence-electron chi connectivity index (χ0n) is 30.8. The summed E-state index contributed by atoms with van der Waals surface area (Å²) < 4.78 is 56.7. The molecule has 0 saturated carbocycles. The summed E-state index contributed by atoms with van der Waals surface area (Å²) in [7, 11) is -4.97. The molecule has 0 aliphatic carbocycles. The molecule has 0 aromatic heterocycles. The van der Waals surface area contributed by atoms with E-state index in [4.69, 9.17) is 18.9 Å². The van der Waals surface area contributed by atoms with Crippen LogP contribution in [-0.2, 0) is 38.7 Å². The number of hydrogen-bond donors (Lipinski definition) is 4. The Morgan fingerprint density at radius 2 is 1.38 bits per heavy atom. The van der Waals surface area contributed by atoms with E-state index in [1.807, 2.05) is 0 Å². The van der Waals surface area contributed by atoms with Crippen LogP contribution in [0.5, 0.6) is 0 Å². The van der Waals surface area contributed by atoms with E-state index in [-0.39, 0.29) is 19.4 Å². The molecule has 1 aliphatic rings. The first-order valence-corrected chi connectivity index (χ1v) is 21.6. The van der Waals surface area contributed by atoms with E-state index in [1.165, 1.54) is 70.6 Å². The van der Waals surface area contributed by atoms with E-state index in [0.717, 1.165) is 22.8 Å². The number of nitrogens with one attached hydrogen (secondary N) is 1. The van der Waals surface area contributed by atoms with Gasteiger partial charge in [-0.05, 0) is 53.3 Å². The minimum atomic E-state index is -4.97. The van der Waals surface area contributed by atoms with E-state index in [9.17, 15) is 42.7 Å². The number of ether oxygens (including phenoxy) is 4. The van der Waals surface area contributed by atoms with Crippen molar-refractivity contribution in [2.75, 3.05) is 25.5 Å². The molecule has 0 radical (unpaired) electrons. The Bertz CT molecular complexity index is 1300. The van der Waals surface area contributed by atoms with Crippen molar-refractivity contribution in [3.8, 4) is 0 Å². The van der Waals surface area contributed by atoms with E-state index in [2.05, 4.69) is 34.8 Å². The van der Waals surface area contributed by atoms with Crippen LogP contribution in [0.3, 0.4) is 0 Å². The summed E-state index contributed by atoms with van der Waals surface area (Å²) >= 11 is 2.09. The van der Waals surface area contributed by atoms with Gasteiger partial charge in [0.15, 0.2) is 12.4 Å². The number of aliphatic hydroxyl groups is 3. The minimum absolute atomic E-state index is 0.159. The summed E-state index contributed by atoms with van der Waals surface area (Å²) in [5.41, 5.74) is 0.364. The average molecular weight is 885 g/mol. The SMILES string of the molecule is CCCCCCCCCCCCCCCCCC(=O)OCC(O)COC1OC(CS(=O)(=O)[O-])C(OC(=O)CCNC(=O)c2ccc(I)cc2)C(O)C1O. The van der Waals surface area contributed by atoms with Crippen LogP contribution >= 0.6 is 22.6 Å². The fourth-order valence-corrected chi connectivity index (χ4v) is 6.90. The third-order valence-corrected chi connectivity index (χ3v) is 10.3. The quantitative estimate of drug-likeness (QED) is 0.0395. The lowest BCUT2D eigenvalue weighted by molar-refractivity contribution is -0.299. The highest BCUT2D eigenvalue weighted by molar-refractivity contribution is 14.1. The lowest BCUT2D eigenvalue weighted by atomic mass is 9.99. The third-order valence-electron chi connectivity index (χ3n) is 8.87. The second-order valence-corrected chi connectivity index (χ2v) is 16.3. The van der Waals surface area contributed by atoms with Crippen LogP contribution in [0.4, 0.5) is 0 Å². The largest absolute Gasteiger partial charge is 0.748 e. The lowest BCUT2D eigenvalue weighted by Crippen LogP contribution is -2.61. The van der Waals surface area contributed by atoms with Gasteiger partial charge < -0.3 is 44.1 Å². The predicted octanol–water partition coefficient (Wildman–Crippen LogP) is 4.50. The van der Waals surface area contributed by atoms with Gasteiger partial charge in [-0.2, -0.15) is 0 Å². The van der Waals surface area contributed by atoms with Crippen LogP contribution in [0.25, 0.3) is 0 Å². The van der Waals surface area contributed by atoms with Gasteiger partial charge in [-0.25, -0.2) is 8.42 Å². The zero-order chi connectivity index (χ0) is 39.1. The molecule has 1 aromatic rings. The summed E-state index contributed by atoms with van der Waals surface area (Å²) in [6.07, 6.45) is 7.57. The summed E-state index contributed by atoms with van der Waals surface area (Å²) in [5.74, 6) is -3.12. The van der Waals surface area contributed by atoms with E-state index >= 15 is 0 Å². The van der Waals surface area contributed by atoms with Gasteiger partial charge in [-0.1, -0.05) is 96.8 Å². The first-order chi connectivity index (χ1) is 25.3. The number of esters is 2. The van der Waals surface area contributed by atoms with Crippen molar-refractivity contribution < 1.29 is 61.6 Å². The predicted molar refractivity (Wildman–Crippen MR) is 204 cm³/mol. The van der Waals surface area contributed by atoms with Crippen LogP contribution in [0.15, 0.2) is 24.3 Å². The van der Waals surface area contributed by atoms with Crippen LogP contribution in [-0.4, -0.2) is 108 Å². The Morgan fingerprint density at radius 1 is 0.830 bits per heavy atom. The number of amides is 1. The summed E-state index contributed by atoms with van der Waals surface area (Å²) in [6.45, 7) is 1.12. The molecule has 304 valence electrons. The molecule has 0 bridgehead atoms. The first-order valence-electron chi connectivity index (χ1n) is 18.9. The number of carbonyl (C=O) groups is 3. The molecule has 0 spiro atoms. The Morgan fingerprint density at radius 3 is 1.92 bits per heavy atom. The van der Waals surface area contributed by atoms with Crippen LogP contribution < -0.4 is 5.32 Å². The normalized spacial score (nSPS) is 20.8. The summed E-state index contributed by atoms with van der Waals surface area (Å²) in [5, 5.41) is 34.1. The highest BCUT2D eigenvalue weighted by Gasteiger charge is 2.48. The Hall–Kier alpha value is -1.93. The van der Waals surface area contributed by atoms with Gasteiger partial charge in [0.2, 0.25) is 0 Å². The van der Waals surface area contributed by atoms with Crippen LogP contribution in [0, 0.1) is 3.57 Å². The molecule has 1 heterocycles. The Kier molecular flexibility index (Phi) is 23.9. The minimum Gasteiger partial charge on any atom is -0.748 e. The van der Waals surface area contributed by atoms with Gasteiger partial charge in [-0.3, -0.25) is 14.4 Å². The first kappa shape index (κ1) is 47.2. The molecular formula is C37H59INO13S-. The second kappa shape index (κ2) is 26.8. The highest BCUT2D eigenvalue weighted by atomic mass is 127. The molecule has 6 unspecified atom stereocenters. The lowest BCUT2D eigenvalue weighted by Gasteiger charge is -2.42. The van der Waals surface area contributed by atoms with Crippen LogP contribution in [0.1, 0.15) is 126 Å². The smallest absolute Gasteiger partial charge is 0.308 e. The van der Waals surface area contributed by atoms with Crippen molar-refractivity contribution in [2.45, 2.75) is 153 Å². The fraction of sp³-hybridized carbons (Fsp3) is 0.757. The molecule has 1 fully saturated rings. The summed E-state index contributed by atoms with van der Waals surface area (Å²) in [6, 6.07) is 6.68. The second-order valence-electron chi connectivity index (χ2n) is 13.6. The number of halogens is 1. The molecule has 1 aromatic carbocycles. The zero-order valence-corrected chi connectivity index (χ0v) is 33.8. The van der Waals surface area contributed by atoms with Gasteiger partial charge in [0.25, 0.3) is 5.91 Å². The topological polar surface area (TPSA) is 218 Å². The number of carbonyl (C=O) groups excluding carboxylic acids is 3. The van der Waals surface area contributed by atoms with Gasteiger partial charge in [0, 0.05) is 22.1 Å². The van der Waals surface area contributed by atoms with Crippen molar-refractivity contribution in [3.63, 3.8) is 0 Å². The molecule has 4 N–H and O–H groups in total. The molecule has 16 heteroatoms.